The summed E-state index contributed by atoms with van der Waals surface area (Å²) in [5.41, 5.74) is 3.45. The molecule has 0 amide bonds. The van der Waals surface area contributed by atoms with E-state index in [-0.39, 0.29) is 0 Å². The van der Waals surface area contributed by atoms with Gasteiger partial charge in [0.05, 0.1) is 0 Å². The van der Waals surface area contributed by atoms with Crippen molar-refractivity contribution in [1.29, 1.82) is 0 Å². The summed E-state index contributed by atoms with van der Waals surface area (Å²) in [5, 5.41) is 0. The highest BCUT2D eigenvalue weighted by atomic mass is 35.5. The zero-order valence-electron chi connectivity index (χ0n) is 10.4. The zero-order chi connectivity index (χ0) is 13.2. The van der Waals surface area contributed by atoms with Gasteiger partial charge >= 0.3 is 0 Å². The van der Waals surface area contributed by atoms with Gasteiger partial charge in [0.25, 0.3) is 0 Å². The van der Waals surface area contributed by atoms with Crippen LogP contribution in [0.1, 0.15) is 16.7 Å². The SMILES string of the molecule is C=Cc1ccc(CCl)cc1.C=Cc1ccccc1. The molecule has 0 radical (unpaired) electrons. The van der Waals surface area contributed by atoms with Crippen LogP contribution in [0.3, 0.4) is 0 Å². The second-order valence-corrected chi connectivity index (χ2v) is 3.96. The average Bonchev–Trinajstić information content (AvgIpc) is 2.49. The van der Waals surface area contributed by atoms with Crippen molar-refractivity contribution in [2.75, 3.05) is 0 Å². The van der Waals surface area contributed by atoms with E-state index in [0.717, 1.165) is 11.1 Å². The third-order valence-corrected chi connectivity index (χ3v) is 2.71. The van der Waals surface area contributed by atoms with Crippen LogP contribution in [0.5, 0.6) is 0 Å². The second-order valence-electron chi connectivity index (χ2n) is 3.69. The molecule has 0 N–H and O–H groups in total. The number of hydrogen-bond donors (Lipinski definition) is 0. The minimum Gasteiger partial charge on any atom is -0.122 e. The number of hydrogen-bond acceptors (Lipinski definition) is 0. The molecule has 18 heavy (non-hydrogen) atoms. The first kappa shape index (κ1) is 14.3. The fourth-order valence-corrected chi connectivity index (χ4v) is 1.51. The fraction of sp³-hybridized carbons (Fsp3) is 0.0588. The molecule has 0 saturated carbocycles. The van der Waals surface area contributed by atoms with Crippen LogP contribution in [0.2, 0.25) is 0 Å². The molecule has 0 atom stereocenters. The molecule has 0 unspecified atom stereocenters. The van der Waals surface area contributed by atoms with E-state index in [0.29, 0.717) is 5.88 Å². The van der Waals surface area contributed by atoms with Crippen molar-refractivity contribution in [2.24, 2.45) is 0 Å². The van der Waals surface area contributed by atoms with Gasteiger partial charge in [0.1, 0.15) is 0 Å². The summed E-state index contributed by atoms with van der Waals surface area (Å²) < 4.78 is 0. The lowest BCUT2D eigenvalue weighted by molar-refractivity contribution is 1.40. The molecule has 0 aliphatic heterocycles. The molecule has 1 heteroatoms. The number of alkyl halides is 1. The lowest BCUT2D eigenvalue weighted by Crippen LogP contribution is -1.76. The number of benzene rings is 2. The highest BCUT2D eigenvalue weighted by Gasteiger charge is 1.87. The zero-order valence-corrected chi connectivity index (χ0v) is 11.1. The van der Waals surface area contributed by atoms with E-state index < -0.39 is 0 Å². The topological polar surface area (TPSA) is 0 Å². The summed E-state index contributed by atoms with van der Waals surface area (Å²) in [7, 11) is 0. The molecule has 0 heterocycles. The Labute approximate surface area is 114 Å². The predicted octanol–water partition coefficient (Wildman–Crippen LogP) is 5.40. The lowest BCUT2D eigenvalue weighted by atomic mass is 10.1. The molecular formula is C17H17Cl. The first-order valence-corrected chi connectivity index (χ1v) is 6.28. The Balaban J connectivity index is 0.000000184. The highest BCUT2D eigenvalue weighted by molar-refractivity contribution is 6.17. The van der Waals surface area contributed by atoms with E-state index in [1.807, 2.05) is 66.7 Å². The fourth-order valence-electron chi connectivity index (χ4n) is 1.33. The Morgan fingerprint density at radius 2 is 1.28 bits per heavy atom. The van der Waals surface area contributed by atoms with Crippen LogP contribution in [-0.4, -0.2) is 0 Å². The maximum atomic E-state index is 5.60. The van der Waals surface area contributed by atoms with Crippen LogP contribution in [0.4, 0.5) is 0 Å². The molecule has 0 aromatic heterocycles. The van der Waals surface area contributed by atoms with Crippen LogP contribution in [0, 0.1) is 0 Å². The molecule has 0 nitrogen and oxygen atoms in total. The molecule has 0 fully saturated rings. The van der Waals surface area contributed by atoms with E-state index in [4.69, 9.17) is 11.6 Å². The molecule has 0 saturated heterocycles. The molecule has 0 aliphatic carbocycles. The third-order valence-electron chi connectivity index (χ3n) is 2.40. The highest BCUT2D eigenvalue weighted by Crippen LogP contribution is 2.06. The third kappa shape index (κ3) is 5.03. The van der Waals surface area contributed by atoms with Gasteiger partial charge in [0, 0.05) is 5.88 Å². The predicted molar refractivity (Wildman–Crippen MR) is 82.6 cm³/mol. The monoisotopic (exact) mass is 256 g/mol. The Morgan fingerprint density at radius 1 is 0.778 bits per heavy atom. The van der Waals surface area contributed by atoms with Crippen LogP contribution in [0.15, 0.2) is 67.8 Å². The van der Waals surface area contributed by atoms with Crippen LogP contribution in [0.25, 0.3) is 12.2 Å². The van der Waals surface area contributed by atoms with Crippen LogP contribution >= 0.6 is 11.6 Å². The maximum absolute atomic E-state index is 5.60. The van der Waals surface area contributed by atoms with Gasteiger partial charge in [0.15, 0.2) is 0 Å². The van der Waals surface area contributed by atoms with Crippen molar-refractivity contribution >= 4 is 23.8 Å². The normalized spacial score (nSPS) is 8.94. The van der Waals surface area contributed by atoms with Crippen molar-refractivity contribution in [3.8, 4) is 0 Å². The summed E-state index contributed by atoms with van der Waals surface area (Å²) >= 11 is 5.60. The van der Waals surface area contributed by atoms with E-state index in [9.17, 15) is 0 Å². The molecular weight excluding hydrogens is 240 g/mol. The van der Waals surface area contributed by atoms with Gasteiger partial charge < -0.3 is 0 Å². The standard InChI is InChI=1S/C9H9Cl.C8H8/c1-2-8-3-5-9(7-10)6-4-8;1-2-8-6-4-3-5-7-8/h2-6H,1,7H2;2-7H,1H2. The van der Waals surface area contributed by atoms with Crippen molar-refractivity contribution in [3.05, 3.63) is 84.4 Å². The van der Waals surface area contributed by atoms with Crippen molar-refractivity contribution in [1.82, 2.24) is 0 Å². The van der Waals surface area contributed by atoms with E-state index >= 15 is 0 Å². The molecule has 0 bridgehead atoms. The largest absolute Gasteiger partial charge is 0.122 e. The van der Waals surface area contributed by atoms with Gasteiger partial charge in [-0.25, -0.2) is 0 Å². The van der Waals surface area contributed by atoms with E-state index in [2.05, 4.69) is 13.2 Å². The molecule has 2 rings (SSSR count). The summed E-state index contributed by atoms with van der Waals surface area (Å²) in [6.45, 7) is 7.28. The molecule has 92 valence electrons. The van der Waals surface area contributed by atoms with Gasteiger partial charge in [-0.1, -0.05) is 79.9 Å². The van der Waals surface area contributed by atoms with E-state index in [1.165, 1.54) is 5.56 Å². The Kier molecular flexibility index (Phi) is 6.60. The molecule has 2 aromatic carbocycles. The van der Waals surface area contributed by atoms with Crippen LogP contribution < -0.4 is 0 Å². The van der Waals surface area contributed by atoms with Gasteiger partial charge in [-0.05, 0) is 16.7 Å². The first-order valence-electron chi connectivity index (χ1n) is 5.75. The number of halogens is 1. The average molecular weight is 257 g/mol. The first-order chi connectivity index (χ1) is 8.80. The van der Waals surface area contributed by atoms with Crippen LogP contribution in [-0.2, 0) is 5.88 Å². The minimum absolute atomic E-state index is 0.581. The van der Waals surface area contributed by atoms with Gasteiger partial charge in [-0.3, -0.25) is 0 Å². The molecule has 0 aliphatic rings. The maximum Gasteiger partial charge on any atom is 0.0474 e. The van der Waals surface area contributed by atoms with Crippen molar-refractivity contribution < 1.29 is 0 Å². The molecule has 2 aromatic rings. The van der Waals surface area contributed by atoms with Gasteiger partial charge in [-0.2, -0.15) is 0 Å². The minimum atomic E-state index is 0.581. The van der Waals surface area contributed by atoms with Gasteiger partial charge in [-0.15, -0.1) is 11.6 Å². The Bertz CT molecular complexity index is 469. The summed E-state index contributed by atoms with van der Waals surface area (Å²) in [6, 6.07) is 18.0. The van der Waals surface area contributed by atoms with Crippen molar-refractivity contribution in [2.45, 2.75) is 5.88 Å². The Hall–Kier alpha value is -1.79. The second kappa shape index (κ2) is 8.32. The Morgan fingerprint density at radius 3 is 1.67 bits per heavy atom. The summed E-state index contributed by atoms with van der Waals surface area (Å²) in [6.07, 6.45) is 3.65. The number of rotatable bonds is 3. The lowest BCUT2D eigenvalue weighted by Gasteiger charge is -1.94. The van der Waals surface area contributed by atoms with E-state index in [1.54, 1.807) is 0 Å². The summed E-state index contributed by atoms with van der Waals surface area (Å²) in [5.74, 6) is 0.581. The van der Waals surface area contributed by atoms with Crippen molar-refractivity contribution in [3.63, 3.8) is 0 Å². The smallest absolute Gasteiger partial charge is 0.0474 e. The van der Waals surface area contributed by atoms with Gasteiger partial charge in [0.2, 0.25) is 0 Å². The summed E-state index contributed by atoms with van der Waals surface area (Å²) in [4.78, 5) is 0. The molecule has 0 spiro atoms. The quantitative estimate of drug-likeness (QED) is 0.645.